The molecule has 2 atom stereocenters. The molecule has 0 unspecified atom stereocenters. The normalized spacial score (nSPS) is 31.5. The van der Waals surface area contributed by atoms with Gasteiger partial charge in [-0.25, -0.2) is 0 Å². The van der Waals surface area contributed by atoms with Crippen LogP contribution in [0.15, 0.2) is 29.4 Å². The minimum Gasteiger partial charge on any atom is -0.198 e. The molecule has 2 fully saturated rings. The van der Waals surface area contributed by atoms with Gasteiger partial charge in [-0.3, -0.25) is 0 Å². The first kappa shape index (κ1) is 12.8. The van der Waals surface area contributed by atoms with E-state index in [1.165, 1.54) is 24.1 Å². The Morgan fingerprint density at radius 3 is 2.86 bits per heavy atom. The summed E-state index contributed by atoms with van der Waals surface area (Å²) >= 11 is 0. The Balaban J connectivity index is 1.77. The molecule has 0 bridgehead atoms. The molecule has 4 heteroatoms. The van der Waals surface area contributed by atoms with Crippen molar-refractivity contribution >= 4 is 11.4 Å². The molecule has 4 rings (SSSR count). The van der Waals surface area contributed by atoms with Crippen LogP contribution in [0.1, 0.15) is 37.7 Å². The average molecular weight is 280 g/mol. The van der Waals surface area contributed by atoms with Crippen LogP contribution in [0.3, 0.4) is 0 Å². The van der Waals surface area contributed by atoms with Crippen LogP contribution >= 0.6 is 0 Å². The van der Waals surface area contributed by atoms with E-state index in [1.54, 1.807) is 0 Å². The van der Waals surface area contributed by atoms with Crippen molar-refractivity contribution in [2.24, 2.45) is 11.0 Å². The zero-order valence-electron chi connectivity index (χ0n) is 12.4. The molecule has 0 aromatic heterocycles. The fourth-order valence-corrected chi connectivity index (χ4v) is 4.19. The summed E-state index contributed by atoms with van der Waals surface area (Å²) in [4.78, 5) is 0. The predicted octanol–water partition coefficient (Wildman–Crippen LogP) is 3.24. The number of hydrazone groups is 1. The number of aryl methyl sites for hydroxylation is 1. The molecule has 0 N–H and O–H groups in total. The van der Waals surface area contributed by atoms with E-state index in [1.807, 2.05) is 0 Å². The van der Waals surface area contributed by atoms with E-state index in [9.17, 15) is 5.26 Å². The maximum Gasteiger partial charge on any atom is 0.0979 e. The molecule has 1 aromatic carbocycles. The molecule has 1 aliphatic carbocycles. The van der Waals surface area contributed by atoms with Gasteiger partial charge < -0.3 is 0 Å². The third kappa shape index (κ3) is 1.67. The zero-order chi connectivity index (χ0) is 14.4. The lowest BCUT2D eigenvalue weighted by Crippen LogP contribution is -2.54. The lowest BCUT2D eigenvalue weighted by Gasteiger charge is -2.40. The summed E-state index contributed by atoms with van der Waals surface area (Å²) in [7, 11) is 0. The van der Waals surface area contributed by atoms with Crippen molar-refractivity contribution in [3.63, 3.8) is 0 Å². The second-order valence-corrected chi connectivity index (χ2v) is 6.40. The van der Waals surface area contributed by atoms with E-state index in [-0.39, 0.29) is 11.5 Å². The van der Waals surface area contributed by atoms with Crippen LogP contribution in [0.4, 0.5) is 5.69 Å². The molecule has 2 aliphatic heterocycles. The predicted molar refractivity (Wildman–Crippen MR) is 82.7 cm³/mol. The molecule has 0 amide bonds. The number of hydrogen-bond acceptors (Lipinski definition) is 4. The first-order valence-electron chi connectivity index (χ1n) is 7.87. The molecule has 2 heterocycles. The summed E-state index contributed by atoms with van der Waals surface area (Å²) in [6.45, 7) is 3.03. The largest absolute Gasteiger partial charge is 0.198 e. The minimum absolute atomic E-state index is 0.0898. The summed E-state index contributed by atoms with van der Waals surface area (Å²) in [5, 5.41) is 18.9. The van der Waals surface area contributed by atoms with Gasteiger partial charge in [-0.2, -0.15) is 20.5 Å². The number of hydrogen-bond donors (Lipinski definition) is 0. The SMILES string of the molecule is Cc1ccc(N2N=C3CCCC[C@@]34[C@@H](C#N)CCN24)cc1. The van der Waals surface area contributed by atoms with Gasteiger partial charge in [-0.1, -0.05) is 24.1 Å². The quantitative estimate of drug-likeness (QED) is 0.793. The van der Waals surface area contributed by atoms with E-state index >= 15 is 0 Å². The standard InChI is InChI=1S/C17H20N4/c1-13-5-7-15(8-6-13)21-19-16-4-2-3-10-17(16)14(12-18)9-11-20(17)21/h5-8,14H,2-4,9-11H2,1H3/t14-,17-/m1/s1. The number of nitriles is 1. The topological polar surface area (TPSA) is 42.6 Å². The van der Waals surface area contributed by atoms with Crippen molar-refractivity contribution in [1.82, 2.24) is 5.01 Å². The number of hydrazine groups is 1. The highest BCUT2D eigenvalue weighted by molar-refractivity contribution is 5.98. The third-order valence-corrected chi connectivity index (χ3v) is 5.25. The van der Waals surface area contributed by atoms with Gasteiger partial charge in [-0.15, -0.1) is 0 Å². The Morgan fingerprint density at radius 1 is 1.29 bits per heavy atom. The van der Waals surface area contributed by atoms with E-state index in [0.717, 1.165) is 31.5 Å². The highest BCUT2D eigenvalue weighted by atomic mass is 15.8. The fraction of sp³-hybridized carbons (Fsp3) is 0.529. The van der Waals surface area contributed by atoms with Crippen molar-refractivity contribution in [1.29, 1.82) is 5.26 Å². The van der Waals surface area contributed by atoms with E-state index < -0.39 is 0 Å². The minimum atomic E-state index is -0.113. The molecule has 21 heavy (non-hydrogen) atoms. The summed E-state index contributed by atoms with van der Waals surface area (Å²) < 4.78 is 0. The van der Waals surface area contributed by atoms with E-state index in [2.05, 4.69) is 47.4 Å². The van der Waals surface area contributed by atoms with E-state index in [4.69, 9.17) is 5.10 Å². The van der Waals surface area contributed by atoms with E-state index in [0.29, 0.717) is 0 Å². The van der Waals surface area contributed by atoms with Gasteiger partial charge in [0.25, 0.3) is 0 Å². The molecule has 1 saturated carbocycles. The van der Waals surface area contributed by atoms with Crippen molar-refractivity contribution in [3.05, 3.63) is 29.8 Å². The second-order valence-electron chi connectivity index (χ2n) is 6.40. The van der Waals surface area contributed by atoms with Crippen molar-refractivity contribution in [3.8, 4) is 6.07 Å². The number of nitrogens with zero attached hydrogens (tertiary/aromatic N) is 4. The van der Waals surface area contributed by atoms with Gasteiger partial charge in [-0.05, 0) is 44.7 Å². The van der Waals surface area contributed by atoms with Gasteiger partial charge in [0.05, 0.1) is 28.9 Å². The van der Waals surface area contributed by atoms with Gasteiger partial charge in [0, 0.05) is 6.54 Å². The highest BCUT2D eigenvalue weighted by Gasteiger charge is 2.59. The molecular formula is C17H20N4. The fourth-order valence-electron chi connectivity index (χ4n) is 4.19. The summed E-state index contributed by atoms with van der Waals surface area (Å²) in [6.07, 6.45) is 5.48. The Labute approximate surface area is 125 Å². The Bertz CT molecular complexity index is 627. The van der Waals surface area contributed by atoms with Crippen LogP contribution in [-0.2, 0) is 0 Å². The first-order valence-corrected chi connectivity index (χ1v) is 7.87. The van der Waals surface area contributed by atoms with Gasteiger partial charge >= 0.3 is 0 Å². The lowest BCUT2D eigenvalue weighted by molar-refractivity contribution is 0.170. The maximum atomic E-state index is 9.59. The molecule has 1 spiro atoms. The average Bonchev–Trinajstić information content (AvgIpc) is 3.01. The van der Waals surface area contributed by atoms with Crippen LogP contribution in [-0.4, -0.2) is 22.8 Å². The van der Waals surface area contributed by atoms with Crippen LogP contribution in [0.2, 0.25) is 0 Å². The Morgan fingerprint density at radius 2 is 2.10 bits per heavy atom. The summed E-state index contributed by atoms with van der Waals surface area (Å²) in [5.41, 5.74) is 3.49. The second kappa shape index (κ2) is 4.57. The lowest BCUT2D eigenvalue weighted by atomic mass is 9.73. The maximum absolute atomic E-state index is 9.59. The molecule has 1 saturated heterocycles. The monoisotopic (exact) mass is 280 g/mol. The molecule has 108 valence electrons. The van der Waals surface area contributed by atoms with Crippen LogP contribution in [0.25, 0.3) is 0 Å². The third-order valence-electron chi connectivity index (χ3n) is 5.25. The molecule has 1 aromatic rings. The zero-order valence-corrected chi connectivity index (χ0v) is 12.4. The highest BCUT2D eigenvalue weighted by Crippen LogP contribution is 2.49. The number of anilines is 1. The van der Waals surface area contributed by atoms with Crippen molar-refractivity contribution < 1.29 is 0 Å². The first-order chi connectivity index (χ1) is 10.3. The van der Waals surface area contributed by atoms with Gasteiger partial charge in [0.15, 0.2) is 0 Å². The van der Waals surface area contributed by atoms with Crippen LogP contribution in [0.5, 0.6) is 0 Å². The molecule has 0 radical (unpaired) electrons. The smallest absolute Gasteiger partial charge is 0.0979 e. The summed E-state index contributed by atoms with van der Waals surface area (Å²) in [5.74, 6) is 0.0898. The van der Waals surface area contributed by atoms with Gasteiger partial charge in [0.1, 0.15) is 0 Å². The number of rotatable bonds is 1. The van der Waals surface area contributed by atoms with Crippen LogP contribution < -0.4 is 5.12 Å². The van der Waals surface area contributed by atoms with Gasteiger partial charge in [0.2, 0.25) is 0 Å². The van der Waals surface area contributed by atoms with Crippen LogP contribution in [0, 0.1) is 24.2 Å². The Kier molecular flexibility index (Phi) is 2.80. The Hall–Kier alpha value is -1.86. The summed E-state index contributed by atoms with van der Waals surface area (Å²) in [6, 6.07) is 11.1. The molecule has 3 aliphatic rings. The molecular weight excluding hydrogens is 260 g/mol. The van der Waals surface area contributed by atoms with Crippen molar-refractivity contribution in [2.75, 3.05) is 11.7 Å². The number of benzene rings is 1. The molecule has 4 nitrogen and oxygen atoms in total. The van der Waals surface area contributed by atoms with Crippen molar-refractivity contribution in [2.45, 2.75) is 44.6 Å².